The number of ether oxygens (including phenoxy) is 1. The third-order valence-corrected chi connectivity index (χ3v) is 3.49. The lowest BCUT2D eigenvalue weighted by molar-refractivity contribution is 0.196. The van der Waals surface area contributed by atoms with Crippen LogP contribution >= 0.6 is 0 Å². The Morgan fingerprint density at radius 1 is 1.42 bits per heavy atom. The second-order valence-electron chi connectivity index (χ2n) is 4.99. The maximum atomic E-state index is 11.9. The van der Waals surface area contributed by atoms with E-state index in [4.69, 9.17) is 10.5 Å². The fraction of sp³-hybridized carbons (Fsp3) is 0.500. The van der Waals surface area contributed by atoms with Crippen LogP contribution in [0.1, 0.15) is 24.1 Å². The average molecular weight is 263 g/mol. The van der Waals surface area contributed by atoms with Crippen molar-refractivity contribution in [1.29, 1.82) is 0 Å². The molecule has 2 rings (SSSR count). The normalized spacial score (nSPS) is 16.9. The van der Waals surface area contributed by atoms with Crippen molar-refractivity contribution in [2.45, 2.75) is 19.5 Å². The van der Waals surface area contributed by atoms with Crippen LogP contribution in [0.25, 0.3) is 0 Å². The molecule has 1 aliphatic rings. The zero-order chi connectivity index (χ0) is 14.0. The third-order valence-electron chi connectivity index (χ3n) is 3.49. The number of amides is 2. The third kappa shape index (κ3) is 2.81. The maximum Gasteiger partial charge on any atom is 0.320 e. The van der Waals surface area contributed by atoms with Gasteiger partial charge in [0, 0.05) is 31.7 Å². The maximum absolute atomic E-state index is 11.9. The lowest BCUT2D eigenvalue weighted by atomic mass is 10.0. The van der Waals surface area contributed by atoms with Crippen molar-refractivity contribution in [1.82, 2.24) is 9.80 Å². The number of carbonyl (C=O) groups is 1. The summed E-state index contributed by atoms with van der Waals surface area (Å²) in [6, 6.07) is 5.94. The number of likely N-dealkylation sites (N-methyl/N-ethyl adjacent to an activating group) is 1. The zero-order valence-electron chi connectivity index (χ0n) is 11.7. The molecule has 1 aliphatic heterocycles. The van der Waals surface area contributed by atoms with Crippen LogP contribution < -0.4 is 10.5 Å². The van der Waals surface area contributed by atoms with Crippen molar-refractivity contribution in [3.8, 4) is 5.75 Å². The number of rotatable bonds is 4. The summed E-state index contributed by atoms with van der Waals surface area (Å²) in [6.07, 6.45) is 0. The first-order chi connectivity index (χ1) is 9.02. The largest absolute Gasteiger partial charge is 0.496 e. The molecule has 1 saturated heterocycles. The molecule has 1 atom stereocenters. The summed E-state index contributed by atoms with van der Waals surface area (Å²) in [4.78, 5) is 15.5. The molecule has 104 valence electrons. The molecule has 2 amide bonds. The van der Waals surface area contributed by atoms with Gasteiger partial charge in [-0.25, -0.2) is 4.79 Å². The molecule has 1 unspecified atom stereocenters. The minimum Gasteiger partial charge on any atom is -0.496 e. The molecule has 2 N–H and O–H groups in total. The Morgan fingerprint density at radius 2 is 2.16 bits per heavy atom. The van der Waals surface area contributed by atoms with E-state index in [1.165, 1.54) is 0 Å². The van der Waals surface area contributed by atoms with Crippen LogP contribution in [0.2, 0.25) is 0 Å². The number of nitrogens with two attached hydrogens (primary N) is 1. The summed E-state index contributed by atoms with van der Waals surface area (Å²) in [5.74, 6) is 0.798. The van der Waals surface area contributed by atoms with Gasteiger partial charge in [-0.15, -0.1) is 0 Å². The highest BCUT2D eigenvalue weighted by Crippen LogP contribution is 2.25. The molecule has 19 heavy (non-hydrogen) atoms. The number of benzene rings is 1. The van der Waals surface area contributed by atoms with Gasteiger partial charge in [-0.1, -0.05) is 6.07 Å². The van der Waals surface area contributed by atoms with Gasteiger partial charge in [0.25, 0.3) is 0 Å². The molecular formula is C14H21N3O2. The van der Waals surface area contributed by atoms with E-state index in [-0.39, 0.29) is 12.1 Å². The predicted molar refractivity (Wildman–Crippen MR) is 74.0 cm³/mol. The summed E-state index contributed by atoms with van der Waals surface area (Å²) in [5, 5.41) is 0. The van der Waals surface area contributed by atoms with Crippen LogP contribution in [0.5, 0.6) is 5.75 Å². The number of nitrogens with zero attached hydrogens (tertiary/aromatic N) is 2. The molecule has 5 heteroatoms. The first-order valence-corrected chi connectivity index (χ1v) is 6.45. The first-order valence-electron chi connectivity index (χ1n) is 6.45. The van der Waals surface area contributed by atoms with Crippen molar-refractivity contribution >= 4 is 6.03 Å². The van der Waals surface area contributed by atoms with Crippen molar-refractivity contribution in [3.05, 3.63) is 29.3 Å². The molecule has 1 aromatic carbocycles. The van der Waals surface area contributed by atoms with Crippen molar-refractivity contribution in [2.24, 2.45) is 5.73 Å². The standard InChI is InChI=1S/C14H21N3O2/c1-10(15)11-4-5-13(19-3)12(8-11)9-17-7-6-16(2)14(17)18/h4-5,8,10H,6-7,9,15H2,1-3H3. The van der Waals surface area contributed by atoms with Crippen LogP contribution in [0.3, 0.4) is 0 Å². The number of hydrogen-bond donors (Lipinski definition) is 1. The molecule has 5 nitrogen and oxygen atoms in total. The highest BCUT2D eigenvalue weighted by Gasteiger charge is 2.26. The van der Waals surface area contributed by atoms with Gasteiger partial charge in [0.1, 0.15) is 5.75 Å². The Balaban J connectivity index is 2.23. The quantitative estimate of drug-likeness (QED) is 0.897. The van der Waals surface area contributed by atoms with Crippen LogP contribution in [0.4, 0.5) is 4.79 Å². The van der Waals surface area contributed by atoms with Gasteiger partial charge in [0.15, 0.2) is 0 Å². The predicted octanol–water partition coefficient (Wildman–Crippen LogP) is 1.58. The Labute approximate surface area is 113 Å². The number of methoxy groups -OCH3 is 1. The van der Waals surface area contributed by atoms with E-state index in [9.17, 15) is 4.79 Å². The van der Waals surface area contributed by atoms with E-state index in [2.05, 4.69) is 0 Å². The van der Waals surface area contributed by atoms with E-state index in [0.717, 1.165) is 30.0 Å². The monoisotopic (exact) mass is 263 g/mol. The highest BCUT2D eigenvalue weighted by atomic mass is 16.5. The molecule has 1 fully saturated rings. The molecule has 1 heterocycles. The lowest BCUT2D eigenvalue weighted by Gasteiger charge is -2.19. The van der Waals surface area contributed by atoms with Crippen LogP contribution in [0, 0.1) is 0 Å². The summed E-state index contributed by atoms with van der Waals surface area (Å²) >= 11 is 0. The SMILES string of the molecule is COc1ccc(C(C)N)cc1CN1CCN(C)C1=O. The number of carbonyl (C=O) groups excluding carboxylic acids is 1. The molecule has 0 aliphatic carbocycles. The highest BCUT2D eigenvalue weighted by molar-refractivity contribution is 5.76. The van der Waals surface area contributed by atoms with Gasteiger partial charge < -0.3 is 20.3 Å². The van der Waals surface area contributed by atoms with E-state index in [1.54, 1.807) is 12.0 Å². The van der Waals surface area contributed by atoms with Crippen molar-refractivity contribution in [3.63, 3.8) is 0 Å². The second kappa shape index (κ2) is 5.48. The van der Waals surface area contributed by atoms with E-state index in [1.807, 2.05) is 37.1 Å². The summed E-state index contributed by atoms with van der Waals surface area (Å²) < 4.78 is 5.36. The van der Waals surface area contributed by atoms with E-state index >= 15 is 0 Å². The minimum absolute atomic E-state index is 0.0263. The lowest BCUT2D eigenvalue weighted by Crippen LogP contribution is -2.29. The second-order valence-corrected chi connectivity index (χ2v) is 4.99. The molecule has 0 saturated carbocycles. The Hall–Kier alpha value is -1.75. The van der Waals surface area contributed by atoms with E-state index in [0.29, 0.717) is 6.54 Å². The Morgan fingerprint density at radius 3 is 2.68 bits per heavy atom. The van der Waals surface area contributed by atoms with Crippen LogP contribution in [0.15, 0.2) is 18.2 Å². The number of hydrogen-bond acceptors (Lipinski definition) is 3. The van der Waals surface area contributed by atoms with Crippen LogP contribution in [-0.2, 0) is 6.54 Å². The minimum atomic E-state index is -0.0263. The summed E-state index contributed by atoms with van der Waals surface area (Å²) in [7, 11) is 3.46. The zero-order valence-corrected chi connectivity index (χ0v) is 11.7. The molecule has 0 radical (unpaired) electrons. The van der Waals surface area contributed by atoms with Crippen molar-refractivity contribution in [2.75, 3.05) is 27.2 Å². The average Bonchev–Trinajstić information content (AvgIpc) is 2.70. The molecule has 0 spiro atoms. The molecule has 1 aromatic rings. The van der Waals surface area contributed by atoms with Gasteiger partial charge in [-0.05, 0) is 24.6 Å². The summed E-state index contributed by atoms with van der Waals surface area (Å²) in [6.45, 7) is 4.03. The smallest absolute Gasteiger partial charge is 0.320 e. The fourth-order valence-corrected chi connectivity index (χ4v) is 2.26. The Kier molecular flexibility index (Phi) is 3.95. The number of urea groups is 1. The van der Waals surface area contributed by atoms with Crippen molar-refractivity contribution < 1.29 is 9.53 Å². The van der Waals surface area contributed by atoms with Gasteiger partial charge >= 0.3 is 6.03 Å². The summed E-state index contributed by atoms with van der Waals surface area (Å²) in [5.41, 5.74) is 7.95. The fourth-order valence-electron chi connectivity index (χ4n) is 2.26. The van der Waals surface area contributed by atoms with Crippen LogP contribution in [-0.4, -0.2) is 43.1 Å². The van der Waals surface area contributed by atoms with Gasteiger partial charge in [0.2, 0.25) is 0 Å². The van der Waals surface area contributed by atoms with E-state index < -0.39 is 0 Å². The topological polar surface area (TPSA) is 58.8 Å². The molecular weight excluding hydrogens is 242 g/mol. The van der Waals surface area contributed by atoms with Gasteiger partial charge in [-0.3, -0.25) is 0 Å². The van der Waals surface area contributed by atoms with Gasteiger partial charge in [0.05, 0.1) is 13.7 Å². The molecule has 0 aromatic heterocycles. The first kappa shape index (κ1) is 13.7. The Bertz CT molecular complexity index is 474. The molecule has 0 bridgehead atoms. The van der Waals surface area contributed by atoms with Gasteiger partial charge in [-0.2, -0.15) is 0 Å².